The normalized spacial score (nSPS) is 17.6. The van der Waals surface area contributed by atoms with Gasteiger partial charge in [-0.1, -0.05) is 60.7 Å². The molecule has 1 atom stereocenters. The number of urea groups is 1. The number of likely N-dealkylation sites (tertiary alicyclic amines) is 1. The van der Waals surface area contributed by atoms with Crippen LogP contribution in [0.4, 0.5) is 10.5 Å². The molecule has 0 bridgehead atoms. The lowest BCUT2D eigenvalue weighted by Crippen LogP contribution is -2.46. The molecule has 1 N–H and O–H groups in total. The Labute approximate surface area is 187 Å². The maximum Gasteiger partial charge on any atom is 0.322 e. The fourth-order valence-corrected chi connectivity index (χ4v) is 4.12. The Morgan fingerprint density at radius 1 is 0.968 bits per heavy atom. The molecule has 1 heterocycles. The number of nitrogens with zero attached hydrogens (tertiary/aromatic N) is 1. The van der Waals surface area contributed by atoms with Crippen molar-refractivity contribution in [2.24, 2.45) is 0 Å². The van der Waals surface area contributed by atoms with E-state index in [0.717, 1.165) is 16.8 Å². The molecule has 4 nitrogen and oxygen atoms in total. The monoisotopic (exact) mass is 428 g/mol. The lowest BCUT2D eigenvalue weighted by molar-refractivity contribution is -0.118. The summed E-state index contributed by atoms with van der Waals surface area (Å²) < 4.78 is 0. The Morgan fingerprint density at radius 2 is 1.61 bits per heavy atom. The van der Waals surface area contributed by atoms with Gasteiger partial charge in [-0.15, -0.1) is 11.8 Å². The van der Waals surface area contributed by atoms with E-state index in [2.05, 4.69) is 5.32 Å². The van der Waals surface area contributed by atoms with Gasteiger partial charge in [0.1, 0.15) is 0 Å². The number of hydrogen-bond donors (Lipinski definition) is 1. The van der Waals surface area contributed by atoms with Crippen LogP contribution in [0.15, 0.2) is 95.4 Å². The van der Waals surface area contributed by atoms with Gasteiger partial charge < -0.3 is 10.2 Å². The van der Waals surface area contributed by atoms with Gasteiger partial charge in [-0.2, -0.15) is 0 Å². The van der Waals surface area contributed by atoms with E-state index >= 15 is 0 Å². The summed E-state index contributed by atoms with van der Waals surface area (Å²) in [6.07, 6.45) is 3.94. The van der Waals surface area contributed by atoms with Gasteiger partial charge in [0.25, 0.3) is 0 Å². The van der Waals surface area contributed by atoms with E-state index in [-0.39, 0.29) is 24.3 Å². The van der Waals surface area contributed by atoms with Gasteiger partial charge in [-0.3, -0.25) is 4.79 Å². The molecular formula is C26H24N2O2S. The van der Waals surface area contributed by atoms with Crippen LogP contribution in [-0.4, -0.2) is 36.1 Å². The molecule has 5 heteroatoms. The second-order valence-corrected chi connectivity index (χ2v) is 8.33. The highest BCUT2D eigenvalue weighted by molar-refractivity contribution is 7.98. The maximum absolute atomic E-state index is 13.3. The first-order chi connectivity index (χ1) is 15.1. The van der Waals surface area contributed by atoms with Crippen molar-refractivity contribution in [2.75, 3.05) is 24.7 Å². The van der Waals surface area contributed by atoms with Crippen molar-refractivity contribution >= 4 is 35.3 Å². The van der Waals surface area contributed by atoms with Gasteiger partial charge in [0.05, 0.1) is 12.5 Å². The van der Waals surface area contributed by atoms with Crippen molar-refractivity contribution in [2.45, 2.75) is 10.8 Å². The first-order valence-corrected chi connectivity index (χ1v) is 11.4. The van der Waals surface area contributed by atoms with Crippen molar-refractivity contribution in [3.63, 3.8) is 0 Å². The Kier molecular flexibility index (Phi) is 6.53. The number of amides is 2. The lowest BCUT2D eigenvalue weighted by atomic mass is 9.86. The summed E-state index contributed by atoms with van der Waals surface area (Å²) in [4.78, 5) is 29.2. The molecule has 3 aromatic rings. The summed E-state index contributed by atoms with van der Waals surface area (Å²) in [5.74, 6) is -0.308. The number of anilines is 1. The van der Waals surface area contributed by atoms with E-state index in [9.17, 15) is 9.59 Å². The van der Waals surface area contributed by atoms with E-state index in [0.29, 0.717) is 12.1 Å². The van der Waals surface area contributed by atoms with Gasteiger partial charge >= 0.3 is 6.03 Å². The summed E-state index contributed by atoms with van der Waals surface area (Å²) in [6.45, 7) is 0.634. The summed E-state index contributed by atoms with van der Waals surface area (Å²) in [6, 6.07) is 26.9. The fraction of sp³-hybridized carbons (Fsp3) is 0.154. The minimum Gasteiger partial charge on any atom is -0.319 e. The molecule has 156 valence electrons. The summed E-state index contributed by atoms with van der Waals surface area (Å²) >= 11 is 1.68. The molecule has 0 radical (unpaired) electrons. The number of thioether (sulfide) groups is 1. The molecule has 1 unspecified atom stereocenters. The van der Waals surface area contributed by atoms with Crippen molar-refractivity contribution in [1.82, 2.24) is 4.90 Å². The molecule has 1 fully saturated rings. The minimum absolute atomic E-state index is 0.0731. The molecule has 1 saturated heterocycles. The molecule has 0 aliphatic carbocycles. The number of Topliss-reactive ketones (excluding diaryl/α,β-unsaturated/α-hetero) is 1. The van der Waals surface area contributed by atoms with Gasteiger partial charge in [0, 0.05) is 22.7 Å². The van der Waals surface area contributed by atoms with Crippen LogP contribution < -0.4 is 5.32 Å². The number of benzene rings is 3. The van der Waals surface area contributed by atoms with Crippen molar-refractivity contribution in [3.8, 4) is 0 Å². The Hall–Kier alpha value is -3.31. The van der Waals surface area contributed by atoms with Gasteiger partial charge in [-0.25, -0.2) is 4.79 Å². The van der Waals surface area contributed by atoms with E-state index in [1.54, 1.807) is 16.7 Å². The van der Waals surface area contributed by atoms with Crippen LogP contribution >= 0.6 is 11.8 Å². The molecule has 3 aromatic carbocycles. The fourth-order valence-electron chi connectivity index (χ4n) is 3.71. The van der Waals surface area contributed by atoms with E-state index in [1.165, 1.54) is 4.90 Å². The number of ketones is 1. The average molecular weight is 429 g/mol. The first kappa shape index (κ1) is 20.9. The zero-order valence-electron chi connectivity index (χ0n) is 17.3. The van der Waals surface area contributed by atoms with Crippen LogP contribution in [0.3, 0.4) is 0 Å². The molecule has 1 aliphatic heterocycles. The molecule has 0 aromatic heterocycles. The quantitative estimate of drug-likeness (QED) is 0.429. The number of nitrogens with one attached hydrogen (secondary N) is 1. The van der Waals surface area contributed by atoms with Gasteiger partial charge in [0.2, 0.25) is 0 Å². The molecule has 0 saturated carbocycles. The Morgan fingerprint density at radius 3 is 2.26 bits per heavy atom. The second kappa shape index (κ2) is 9.67. The molecule has 4 rings (SSSR count). The van der Waals surface area contributed by atoms with Gasteiger partial charge in [-0.05, 0) is 47.7 Å². The van der Waals surface area contributed by atoms with Crippen molar-refractivity contribution in [1.29, 1.82) is 0 Å². The second-order valence-electron chi connectivity index (χ2n) is 7.45. The minimum atomic E-state index is -0.381. The molecule has 1 aliphatic rings. The lowest BCUT2D eigenvalue weighted by Gasteiger charge is -2.33. The van der Waals surface area contributed by atoms with E-state index in [1.807, 2.05) is 97.3 Å². The third-order valence-corrected chi connectivity index (χ3v) is 6.11. The standard InChI is InChI=1S/C26H24N2O2S/c1-31-23-14-12-19(13-15-23)16-21-17-28(26(30)27-22-10-6-3-7-11-22)18-24(25(21)29)20-8-4-2-5-9-20/h2-16,24H,17-18H2,1H3,(H,27,30)/b21-16+. The number of carbonyl (C=O) groups is 2. The third-order valence-electron chi connectivity index (χ3n) is 5.37. The predicted octanol–water partition coefficient (Wildman–Crippen LogP) is 5.69. The predicted molar refractivity (Wildman–Crippen MR) is 127 cm³/mol. The van der Waals surface area contributed by atoms with Crippen LogP contribution in [0.25, 0.3) is 6.08 Å². The summed E-state index contributed by atoms with van der Waals surface area (Å²) in [7, 11) is 0. The van der Waals surface area contributed by atoms with E-state index < -0.39 is 0 Å². The third kappa shape index (κ3) is 5.06. The Balaban J connectivity index is 1.63. The SMILES string of the molecule is CSc1ccc(/C=C2\CN(C(=O)Nc3ccccc3)CC(c3ccccc3)C2=O)cc1. The van der Waals surface area contributed by atoms with Crippen LogP contribution in [0.2, 0.25) is 0 Å². The number of para-hydroxylation sites is 1. The van der Waals surface area contributed by atoms with Crippen LogP contribution in [0, 0.1) is 0 Å². The summed E-state index contributed by atoms with van der Waals surface area (Å²) in [5.41, 5.74) is 3.26. The number of hydrogen-bond acceptors (Lipinski definition) is 3. The van der Waals surface area contributed by atoms with Crippen LogP contribution in [0.5, 0.6) is 0 Å². The summed E-state index contributed by atoms with van der Waals surface area (Å²) in [5, 5.41) is 2.94. The van der Waals surface area contributed by atoms with Crippen LogP contribution in [0.1, 0.15) is 17.0 Å². The number of rotatable bonds is 4. The van der Waals surface area contributed by atoms with Crippen molar-refractivity contribution in [3.05, 3.63) is 102 Å². The highest BCUT2D eigenvalue weighted by Crippen LogP contribution is 2.29. The zero-order valence-corrected chi connectivity index (χ0v) is 18.1. The average Bonchev–Trinajstić information content (AvgIpc) is 2.82. The highest BCUT2D eigenvalue weighted by atomic mass is 32.2. The Bertz CT molecular complexity index is 1080. The molecule has 31 heavy (non-hydrogen) atoms. The van der Waals surface area contributed by atoms with Crippen molar-refractivity contribution < 1.29 is 9.59 Å². The topological polar surface area (TPSA) is 49.4 Å². The highest BCUT2D eigenvalue weighted by Gasteiger charge is 2.34. The molecular weight excluding hydrogens is 404 g/mol. The number of piperidine rings is 1. The smallest absolute Gasteiger partial charge is 0.319 e. The number of carbonyl (C=O) groups excluding carboxylic acids is 2. The first-order valence-electron chi connectivity index (χ1n) is 10.2. The maximum atomic E-state index is 13.3. The zero-order chi connectivity index (χ0) is 21.6. The van der Waals surface area contributed by atoms with E-state index in [4.69, 9.17) is 0 Å². The molecule has 0 spiro atoms. The largest absolute Gasteiger partial charge is 0.322 e. The van der Waals surface area contributed by atoms with Gasteiger partial charge in [0.15, 0.2) is 5.78 Å². The molecule has 2 amide bonds. The van der Waals surface area contributed by atoms with Crippen LogP contribution in [-0.2, 0) is 4.79 Å².